The summed E-state index contributed by atoms with van der Waals surface area (Å²) >= 11 is 1.53. The van der Waals surface area contributed by atoms with Gasteiger partial charge in [-0.25, -0.2) is 4.98 Å². The van der Waals surface area contributed by atoms with Gasteiger partial charge in [-0.2, -0.15) is 0 Å². The van der Waals surface area contributed by atoms with E-state index in [4.69, 9.17) is 0 Å². The van der Waals surface area contributed by atoms with E-state index in [1.165, 1.54) is 17.4 Å². The van der Waals surface area contributed by atoms with Crippen LogP contribution in [0, 0.1) is 0 Å². The van der Waals surface area contributed by atoms with Gasteiger partial charge in [0, 0.05) is 23.4 Å². The molecule has 1 aromatic heterocycles. The van der Waals surface area contributed by atoms with Gasteiger partial charge in [0.15, 0.2) is 0 Å². The SMILES string of the molecule is O=C(/C=C/c1nc2ccccc2s1)Nc1cccc(C(=O)NC2CC2)c1. The first-order valence-corrected chi connectivity index (χ1v) is 9.24. The fraction of sp³-hybridized carbons (Fsp3) is 0.150. The molecule has 26 heavy (non-hydrogen) atoms. The Balaban J connectivity index is 1.41. The van der Waals surface area contributed by atoms with Gasteiger partial charge in [0.05, 0.1) is 10.2 Å². The second kappa shape index (κ2) is 7.09. The zero-order valence-corrected chi connectivity index (χ0v) is 14.8. The number of hydrogen-bond acceptors (Lipinski definition) is 4. The van der Waals surface area contributed by atoms with E-state index in [-0.39, 0.29) is 11.8 Å². The molecule has 0 bridgehead atoms. The molecule has 1 fully saturated rings. The van der Waals surface area contributed by atoms with E-state index >= 15 is 0 Å². The van der Waals surface area contributed by atoms with Crippen molar-refractivity contribution in [2.24, 2.45) is 0 Å². The number of nitrogens with one attached hydrogen (secondary N) is 2. The average Bonchev–Trinajstić information content (AvgIpc) is 3.35. The number of anilines is 1. The Kier molecular flexibility index (Phi) is 4.50. The van der Waals surface area contributed by atoms with Crippen LogP contribution in [0.25, 0.3) is 16.3 Å². The molecule has 5 nitrogen and oxygen atoms in total. The van der Waals surface area contributed by atoms with Crippen LogP contribution >= 0.6 is 11.3 Å². The fourth-order valence-corrected chi connectivity index (χ4v) is 3.40. The molecule has 0 atom stereocenters. The maximum absolute atomic E-state index is 12.1. The third-order valence-electron chi connectivity index (χ3n) is 3.99. The molecule has 2 aromatic carbocycles. The summed E-state index contributed by atoms with van der Waals surface area (Å²) in [5, 5.41) is 6.50. The number of nitrogens with zero attached hydrogens (tertiary/aromatic N) is 1. The first-order valence-electron chi connectivity index (χ1n) is 8.43. The van der Waals surface area contributed by atoms with Crippen molar-refractivity contribution >= 4 is 45.1 Å². The Hall–Kier alpha value is -2.99. The Bertz CT molecular complexity index is 972. The number of carbonyl (C=O) groups is 2. The van der Waals surface area contributed by atoms with E-state index in [0.717, 1.165) is 28.1 Å². The lowest BCUT2D eigenvalue weighted by atomic mass is 10.2. The van der Waals surface area contributed by atoms with Crippen LogP contribution in [0.4, 0.5) is 5.69 Å². The van der Waals surface area contributed by atoms with E-state index < -0.39 is 0 Å². The molecule has 4 rings (SSSR count). The lowest BCUT2D eigenvalue weighted by Gasteiger charge is -2.06. The third-order valence-corrected chi connectivity index (χ3v) is 4.99. The predicted molar refractivity (Wildman–Crippen MR) is 104 cm³/mol. The normalized spacial score (nSPS) is 13.8. The van der Waals surface area contributed by atoms with Crippen molar-refractivity contribution in [1.82, 2.24) is 10.3 Å². The van der Waals surface area contributed by atoms with Crippen LogP contribution in [0.1, 0.15) is 28.2 Å². The summed E-state index contributed by atoms with van der Waals surface area (Å²) in [7, 11) is 0. The van der Waals surface area contributed by atoms with Crippen molar-refractivity contribution in [3.63, 3.8) is 0 Å². The highest BCUT2D eigenvalue weighted by molar-refractivity contribution is 7.19. The molecule has 1 aliphatic carbocycles. The molecule has 1 saturated carbocycles. The Labute approximate surface area is 154 Å². The number of rotatable bonds is 5. The summed E-state index contributed by atoms with van der Waals surface area (Å²) in [4.78, 5) is 28.7. The summed E-state index contributed by atoms with van der Waals surface area (Å²) in [6, 6.07) is 15.1. The Morgan fingerprint density at radius 2 is 1.96 bits per heavy atom. The van der Waals surface area contributed by atoms with Gasteiger partial charge in [-0.3, -0.25) is 9.59 Å². The minimum atomic E-state index is -0.260. The van der Waals surface area contributed by atoms with Gasteiger partial charge in [-0.1, -0.05) is 18.2 Å². The molecule has 3 aromatic rings. The highest BCUT2D eigenvalue weighted by Gasteiger charge is 2.23. The number of thiazole rings is 1. The van der Waals surface area contributed by atoms with Gasteiger partial charge < -0.3 is 10.6 Å². The molecule has 0 saturated heterocycles. The van der Waals surface area contributed by atoms with Crippen molar-refractivity contribution in [3.05, 3.63) is 65.2 Å². The summed E-state index contributed by atoms with van der Waals surface area (Å²) in [5.74, 6) is -0.363. The smallest absolute Gasteiger partial charge is 0.251 e. The van der Waals surface area contributed by atoms with Crippen molar-refractivity contribution in [2.45, 2.75) is 18.9 Å². The molecule has 0 unspecified atom stereocenters. The zero-order chi connectivity index (χ0) is 17.9. The molecule has 0 spiro atoms. The summed E-state index contributed by atoms with van der Waals surface area (Å²) in [5.41, 5.74) is 2.06. The van der Waals surface area contributed by atoms with Gasteiger partial charge in [-0.05, 0) is 49.2 Å². The second-order valence-electron chi connectivity index (χ2n) is 6.17. The molecule has 2 N–H and O–H groups in total. The number of para-hydroxylation sites is 1. The molecule has 0 aliphatic heterocycles. The zero-order valence-electron chi connectivity index (χ0n) is 13.9. The van der Waals surface area contributed by atoms with Gasteiger partial charge in [0.25, 0.3) is 5.91 Å². The number of carbonyl (C=O) groups excluding carboxylic acids is 2. The van der Waals surface area contributed by atoms with Crippen LogP contribution in [-0.2, 0) is 4.79 Å². The molecule has 1 aliphatic rings. The topological polar surface area (TPSA) is 71.1 Å². The first kappa shape index (κ1) is 16.5. The van der Waals surface area contributed by atoms with Crippen LogP contribution in [-0.4, -0.2) is 22.8 Å². The molecule has 6 heteroatoms. The van der Waals surface area contributed by atoms with E-state index in [1.54, 1.807) is 30.3 Å². The predicted octanol–water partition coefficient (Wildman–Crippen LogP) is 3.84. The quantitative estimate of drug-likeness (QED) is 0.677. The van der Waals surface area contributed by atoms with Crippen LogP contribution in [0.15, 0.2) is 54.6 Å². The molecule has 130 valence electrons. The number of amides is 2. The molecule has 0 radical (unpaired) electrons. The van der Waals surface area contributed by atoms with E-state index in [0.29, 0.717) is 17.3 Å². The van der Waals surface area contributed by atoms with Crippen LogP contribution in [0.3, 0.4) is 0 Å². The minimum absolute atomic E-state index is 0.103. The number of fused-ring (bicyclic) bond motifs is 1. The highest BCUT2D eigenvalue weighted by Crippen LogP contribution is 2.22. The third kappa shape index (κ3) is 3.97. The van der Waals surface area contributed by atoms with Gasteiger partial charge in [0.1, 0.15) is 5.01 Å². The van der Waals surface area contributed by atoms with Gasteiger partial charge >= 0.3 is 0 Å². The van der Waals surface area contributed by atoms with Crippen molar-refractivity contribution in [3.8, 4) is 0 Å². The maximum atomic E-state index is 12.1. The highest BCUT2D eigenvalue weighted by atomic mass is 32.1. The van der Waals surface area contributed by atoms with Crippen molar-refractivity contribution < 1.29 is 9.59 Å². The van der Waals surface area contributed by atoms with E-state index in [2.05, 4.69) is 15.6 Å². The van der Waals surface area contributed by atoms with E-state index in [9.17, 15) is 9.59 Å². The van der Waals surface area contributed by atoms with Crippen LogP contribution in [0.2, 0.25) is 0 Å². The van der Waals surface area contributed by atoms with Crippen LogP contribution in [0.5, 0.6) is 0 Å². The summed E-state index contributed by atoms with van der Waals surface area (Å²) in [6.45, 7) is 0. The van der Waals surface area contributed by atoms with Crippen molar-refractivity contribution in [1.29, 1.82) is 0 Å². The lowest BCUT2D eigenvalue weighted by molar-refractivity contribution is -0.111. The number of benzene rings is 2. The van der Waals surface area contributed by atoms with Crippen molar-refractivity contribution in [2.75, 3.05) is 5.32 Å². The first-order chi connectivity index (χ1) is 12.7. The molecular formula is C20H17N3O2S. The average molecular weight is 363 g/mol. The monoisotopic (exact) mass is 363 g/mol. The van der Waals surface area contributed by atoms with Gasteiger partial charge in [-0.15, -0.1) is 11.3 Å². The Morgan fingerprint density at radius 3 is 2.77 bits per heavy atom. The van der Waals surface area contributed by atoms with Gasteiger partial charge in [0.2, 0.25) is 5.91 Å². The largest absolute Gasteiger partial charge is 0.349 e. The molecular weight excluding hydrogens is 346 g/mol. The Morgan fingerprint density at radius 1 is 1.12 bits per heavy atom. The molecule has 2 amide bonds. The maximum Gasteiger partial charge on any atom is 0.251 e. The minimum Gasteiger partial charge on any atom is -0.349 e. The number of hydrogen-bond donors (Lipinski definition) is 2. The summed E-state index contributed by atoms with van der Waals surface area (Å²) < 4.78 is 1.09. The summed E-state index contributed by atoms with van der Waals surface area (Å²) in [6.07, 6.45) is 5.23. The fourth-order valence-electron chi connectivity index (χ4n) is 2.53. The standard InChI is InChI=1S/C20H17N3O2S/c24-18(10-11-19-23-16-6-1-2-7-17(16)26-19)21-15-5-3-4-13(12-15)20(25)22-14-8-9-14/h1-7,10-12,14H,8-9H2,(H,21,24)(H,22,25)/b11-10+. The second-order valence-corrected chi connectivity index (χ2v) is 7.23. The van der Waals surface area contributed by atoms with E-state index in [1.807, 2.05) is 24.3 Å². The lowest BCUT2D eigenvalue weighted by Crippen LogP contribution is -2.25. The molecule has 1 heterocycles. The number of aromatic nitrogens is 1. The van der Waals surface area contributed by atoms with Crippen LogP contribution < -0.4 is 10.6 Å².